The average Bonchev–Trinajstić information content (AvgIpc) is 2.37. The minimum atomic E-state index is -1.03. The minimum Gasteiger partial charge on any atom is -0.478 e. The molecule has 1 aromatic heterocycles. The lowest BCUT2D eigenvalue weighted by molar-refractivity contribution is 0.0697. The number of rotatable bonds is 3. The molecular weight excluding hydrogens is 254 g/mol. The second-order valence-corrected chi connectivity index (χ2v) is 4.43. The third kappa shape index (κ3) is 2.75. The van der Waals surface area contributed by atoms with Crippen molar-refractivity contribution in [1.82, 2.24) is 4.98 Å². The fourth-order valence-corrected chi connectivity index (χ4v) is 2.00. The van der Waals surface area contributed by atoms with Gasteiger partial charge in [0.25, 0.3) is 0 Å². The summed E-state index contributed by atoms with van der Waals surface area (Å²) >= 11 is 0. The number of hydrogen-bond acceptors (Lipinski definition) is 4. The maximum Gasteiger partial charge on any atom is 0.339 e. The smallest absolute Gasteiger partial charge is 0.339 e. The minimum absolute atomic E-state index is 0.137. The van der Waals surface area contributed by atoms with Gasteiger partial charge in [0.05, 0.1) is 11.6 Å². The zero-order chi connectivity index (χ0) is 14.7. The van der Waals surface area contributed by atoms with Gasteiger partial charge >= 0.3 is 5.97 Å². The van der Waals surface area contributed by atoms with Crippen LogP contribution in [0.5, 0.6) is 0 Å². The van der Waals surface area contributed by atoms with Crippen LogP contribution in [0.2, 0.25) is 0 Å². The molecule has 0 radical (unpaired) electrons. The Morgan fingerprint density at radius 1 is 1.35 bits per heavy atom. The van der Waals surface area contributed by atoms with Gasteiger partial charge in [-0.2, -0.15) is 5.26 Å². The Bertz CT molecular complexity index is 718. The van der Waals surface area contributed by atoms with Crippen molar-refractivity contribution >= 4 is 17.5 Å². The van der Waals surface area contributed by atoms with Gasteiger partial charge in [0.15, 0.2) is 0 Å². The highest BCUT2D eigenvalue weighted by Gasteiger charge is 2.15. The van der Waals surface area contributed by atoms with E-state index in [4.69, 9.17) is 5.26 Å². The number of aryl methyl sites for hydroxylation is 2. The summed E-state index contributed by atoms with van der Waals surface area (Å²) in [5.41, 5.74) is 2.63. The fraction of sp³-hybridized carbons (Fsp3) is 0.133. The Balaban J connectivity index is 2.47. The van der Waals surface area contributed by atoms with E-state index in [9.17, 15) is 9.90 Å². The van der Waals surface area contributed by atoms with E-state index in [-0.39, 0.29) is 11.4 Å². The lowest BCUT2D eigenvalue weighted by Gasteiger charge is -2.12. The molecule has 0 unspecified atom stereocenters. The van der Waals surface area contributed by atoms with Crippen LogP contribution >= 0.6 is 0 Å². The van der Waals surface area contributed by atoms with Gasteiger partial charge in [-0.15, -0.1) is 0 Å². The summed E-state index contributed by atoms with van der Waals surface area (Å²) in [6.07, 6.45) is 0. The molecule has 0 fully saturated rings. The van der Waals surface area contributed by atoms with E-state index < -0.39 is 5.97 Å². The molecule has 0 aliphatic carbocycles. The molecule has 1 heterocycles. The van der Waals surface area contributed by atoms with Gasteiger partial charge in [0.2, 0.25) is 0 Å². The van der Waals surface area contributed by atoms with Gasteiger partial charge in [0, 0.05) is 11.4 Å². The lowest BCUT2D eigenvalue weighted by Crippen LogP contribution is -2.08. The second-order valence-electron chi connectivity index (χ2n) is 4.43. The first kappa shape index (κ1) is 13.6. The van der Waals surface area contributed by atoms with Crippen molar-refractivity contribution in [2.24, 2.45) is 0 Å². The predicted molar refractivity (Wildman–Crippen MR) is 75.1 cm³/mol. The van der Waals surface area contributed by atoms with Gasteiger partial charge in [-0.1, -0.05) is 6.07 Å². The summed E-state index contributed by atoms with van der Waals surface area (Å²) in [6, 6.07) is 10.6. The van der Waals surface area contributed by atoms with E-state index in [2.05, 4.69) is 10.3 Å². The number of nitrogens with zero attached hydrogens (tertiary/aromatic N) is 2. The average molecular weight is 267 g/mol. The Morgan fingerprint density at radius 3 is 2.75 bits per heavy atom. The first-order chi connectivity index (χ1) is 9.51. The maximum absolute atomic E-state index is 11.3. The van der Waals surface area contributed by atoms with Crippen LogP contribution in [0.1, 0.15) is 27.2 Å². The van der Waals surface area contributed by atoms with Crippen LogP contribution in [0.4, 0.5) is 11.5 Å². The Labute approximate surface area is 116 Å². The number of aromatic carboxylic acids is 1. The van der Waals surface area contributed by atoms with Crippen LogP contribution in [0, 0.1) is 25.2 Å². The van der Waals surface area contributed by atoms with Crippen LogP contribution in [0.25, 0.3) is 0 Å². The van der Waals surface area contributed by atoms with E-state index in [1.807, 2.05) is 6.07 Å². The normalized spacial score (nSPS) is 9.85. The summed E-state index contributed by atoms with van der Waals surface area (Å²) in [5.74, 6) is -0.751. The molecular formula is C15H13N3O2. The first-order valence-electron chi connectivity index (χ1n) is 6.00. The van der Waals surface area contributed by atoms with Crippen LogP contribution in [0.3, 0.4) is 0 Å². The summed E-state index contributed by atoms with van der Waals surface area (Å²) in [7, 11) is 0. The predicted octanol–water partition coefficient (Wildman–Crippen LogP) is 3.01. The standard InChI is InChI=1S/C15H13N3O2/c1-9-6-10(2)17-14(13(9)15(19)20)18-12-5-3-4-11(7-12)8-16/h3-7H,1-2H3,(H,17,18)(H,19,20). The molecule has 20 heavy (non-hydrogen) atoms. The molecule has 2 N–H and O–H groups in total. The SMILES string of the molecule is Cc1cc(C)c(C(=O)O)c(Nc2cccc(C#N)c2)n1. The highest BCUT2D eigenvalue weighted by Crippen LogP contribution is 2.23. The maximum atomic E-state index is 11.3. The molecule has 0 atom stereocenters. The van der Waals surface area contributed by atoms with Crippen molar-refractivity contribution in [2.45, 2.75) is 13.8 Å². The third-order valence-electron chi connectivity index (χ3n) is 2.81. The van der Waals surface area contributed by atoms with Crippen molar-refractivity contribution in [3.63, 3.8) is 0 Å². The number of benzene rings is 1. The van der Waals surface area contributed by atoms with Crippen molar-refractivity contribution in [1.29, 1.82) is 5.26 Å². The molecule has 2 aromatic rings. The van der Waals surface area contributed by atoms with Crippen molar-refractivity contribution in [2.75, 3.05) is 5.32 Å². The first-order valence-corrected chi connectivity index (χ1v) is 6.00. The van der Waals surface area contributed by atoms with Gasteiger partial charge in [-0.3, -0.25) is 0 Å². The Hall–Kier alpha value is -2.87. The quantitative estimate of drug-likeness (QED) is 0.892. The Morgan fingerprint density at radius 2 is 2.10 bits per heavy atom. The number of nitriles is 1. The van der Waals surface area contributed by atoms with Crippen LogP contribution in [-0.4, -0.2) is 16.1 Å². The molecule has 0 amide bonds. The van der Waals surface area contributed by atoms with Crippen molar-refractivity contribution in [3.05, 3.63) is 52.7 Å². The van der Waals surface area contributed by atoms with Crippen molar-refractivity contribution in [3.8, 4) is 6.07 Å². The summed E-state index contributed by atoms with van der Waals surface area (Å²) < 4.78 is 0. The van der Waals surface area contributed by atoms with E-state index in [1.54, 1.807) is 44.2 Å². The molecule has 100 valence electrons. The zero-order valence-corrected chi connectivity index (χ0v) is 11.1. The number of aromatic nitrogens is 1. The van der Waals surface area contributed by atoms with E-state index in [1.165, 1.54) is 0 Å². The van der Waals surface area contributed by atoms with Gasteiger partial charge in [-0.05, 0) is 43.7 Å². The molecule has 0 saturated carbocycles. The van der Waals surface area contributed by atoms with Crippen molar-refractivity contribution < 1.29 is 9.90 Å². The number of nitrogens with one attached hydrogen (secondary N) is 1. The topological polar surface area (TPSA) is 86.0 Å². The molecule has 1 aromatic carbocycles. The Kier molecular flexibility index (Phi) is 3.67. The molecule has 5 nitrogen and oxygen atoms in total. The fourth-order valence-electron chi connectivity index (χ4n) is 2.00. The lowest BCUT2D eigenvalue weighted by atomic mass is 10.1. The van der Waals surface area contributed by atoms with Gasteiger partial charge in [0.1, 0.15) is 11.4 Å². The third-order valence-corrected chi connectivity index (χ3v) is 2.81. The van der Waals surface area contributed by atoms with Crippen LogP contribution < -0.4 is 5.32 Å². The van der Waals surface area contributed by atoms with Gasteiger partial charge in [-0.25, -0.2) is 9.78 Å². The number of carboxylic acids is 1. The second kappa shape index (κ2) is 5.41. The van der Waals surface area contributed by atoms with E-state index in [0.29, 0.717) is 16.8 Å². The van der Waals surface area contributed by atoms with Crippen LogP contribution in [0.15, 0.2) is 30.3 Å². The monoisotopic (exact) mass is 267 g/mol. The van der Waals surface area contributed by atoms with E-state index in [0.717, 1.165) is 5.69 Å². The van der Waals surface area contributed by atoms with Gasteiger partial charge < -0.3 is 10.4 Å². The number of carbonyl (C=O) groups is 1. The number of hydrogen-bond donors (Lipinski definition) is 2. The molecule has 0 aliphatic heterocycles. The van der Waals surface area contributed by atoms with Crippen LogP contribution in [-0.2, 0) is 0 Å². The zero-order valence-electron chi connectivity index (χ0n) is 11.1. The molecule has 0 aliphatic rings. The van der Waals surface area contributed by atoms with E-state index >= 15 is 0 Å². The molecule has 0 saturated heterocycles. The highest BCUT2D eigenvalue weighted by molar-refractivity contribution is 5.95. The number of anilines is 2. The molecule has 5 heteroatoms. The highest BCUT2D eigenvalue weighted by atomic mass is 16.4. The number of pyridine rings is 1. The summed E-state index contributed by atoms with van der Waals surface area (Å²) in [4.78, 5) is 15.6. The summed E-state index contributed by atoms with van der Waals surface area (Å²) in [5, 5.41) is 21.1. The molecule has 0 bridgehead atoms. The largest absolute Gasteiger partial charge is 0.478 e. The molecule has 0 spiro atoms. The molecule has 2 rings (SSSR count). The summed E-state index contributed by atoms with van der Waals surface area (Å²) in [6.45, 7) is 3.53. The number of carboxylic acid groups (broad SMARTS) is 1.